The van der Waals surface area contributed by atoms with Crippen LogP contribution in [0.1, 0.15) is 26.2 Å². The largest absolute Gasteiger partial charge is 0.385 e. The maximum Gasteiger partial charge on any atom is 0.0462 e. The van der Waals surface area contributed by atoms with Gasteiger partial charge in [0.1, 0.15) is 0 Å². The molecule has 0 spiro atoms. The van der Waals surface area contributed by atoms with Gasteiger partial charge in [0.15, 0.2) is 0 Å². The first-order valence-electron chi connectivity index (χ1n) is 3.94. The Bertz CT molecular complexity index is 86.2. The summed E-state index contributed by atoms with van der Waals surface area (Å²) in [5.41, 5.74) is 0. The summed E-state index contributed by atoms with van der Waals surface area (Å²) in [5.74, 6) is 0. The average Bonchev–Trinajstić information content (AvgIpc) is 1.86. The molecule has 3 heteroatoms. The summed E-state index contributed by atoms with van der Waals surface area (Å²) in [7, 11) is 1.70. The second kappa shape index (κ2) is 7.20. The summed E-state index contributed by atoms with van der Waals surface area (Å²) in [4.78, 5) is 0. The number of alkyl halides is 2. The molecule has 11 heavy (non-hydrogen) atoms. The monoisotopic (exact) mass is 198 g/mol. The number of methoxy groups -OCH3 is 1. The van der Waals surface area contributed by atoms with Gasteiger partial charge < -0.3 is 4.74 Å². The summed E-state index contributed by atoms with van der Waals surface area (Å²) in [5, 5.41) is 0.387. The molecule has 0 amide bonds. The molecule has 0 aromatic rings. The van der Waals surface area contributed by atoms with Crippen LogP contribution in [0.5, 0.6) is 0 Å². The van der Waals surface area contributed by atoms with Crippen LogP contribution in [-0.4, -0.2) is 24.5 Å². The van der Waals surface area contributed by atoms with E-state index >= 15 is 0 Å². The molecule has 2 atom stereocenters. The third-order valence-corrected chi connectivity index (χ3v) is 2.02. The molecule has 0 aliphatic rings. The predicted octanol–water partition coefficient (Wildman–Crippen LogP) is 3.04. The van der Waals surface area contributed by atoms with Gasteiger partial charge in [0.25, 0.3) is 0 Å². The normalized spacial score (nSPS) is 16.4. The lowest BCUT2D eigenvalue weighted by Crippen LogP contribution is -2.06. The van der Waals surface area contributed by atoms with Crippen molar-refractivity contribution in [1.29, 1.82) is 0 Å². The Balaban J connectivity index is 3.15. The second-order valence-electron chi connectivity index (χ2n) is 2.75. The molecule has 0 saturated carbocycles. The molecule has 0 fully saturated rings. The first kappa shape index (κ1) is 11.5. The van der Waals surface area contributed by atoms with Crippen LogP contribution in [0.4, 0.5) is 0 Å². The molecule has 0 radical (unpaired) electrons. The molecule has 68 valence electrons. The van der Waals surface area contributed by atoms with Crippen molar-refractivity contribution >= 4 is 23.2 Å². The summed E-state index contributed by atoms with van der Waals surface area (Å²) in [6.45, 7) is 2.76. The van der Waals surface area contributed by atoms with Crippen LogP contribution >= 0.6 is 23.2 Å². The Morgan fingerprint density at radius 3 is 2.45 bits per heavy atom. The molecule has 0 rings (SSSR count). The second-order valence-corrected chi connectivity index (χ2v) is 4.11. The quantitative estimate of drug-likeness (QED) is 0.472. The molecule has 0 N–H and O–H groups in total. The fourth-order valence-corrected chi connectivity index (χ4v) is 1.65. The van der Waals surface area contributed by atoms with Gasteiger partial charge in [0.2, 0.25) is 0 Å². The molecule has 0 aliphatic heterocycles. The SMILES string of the molecule is COCCCC(Cl)CC(C)Cl. The van der Waals surface area contributed by atoms with Crippen molar-refractivity contribution < 1.29 is 4.74 Å². The molecule has 0 aromatic carbocycles. The minimum atomic E-state index is 0.181. The fourth-order valence-electron chi connectivity index (χ4n) is 0.919. The molecular formula is C8H16Cl2O. The molecule has 0 aliphatic carbocycles. The highest BCUT2D eigenvalue weighted by Gasteiger charge is 2.07. The Hall–Kier alpha value is 0.540. The summed E-state index contributed by atoms with van der Waals surface area (Å²) >= 11 is 11.7. The van der Waals surface area contributed by atoms with E-state index < -0.39 is 0 Å². The molecule has 0 saturated heterocycles. The van der Waals surface area contributed by atoms with Gasteiger partial charge >= 0.3 is 0 Å². The summed E-state index contributed by atoms with van der Waals surface area (Å²) in [6, 6.07) is 0. The van der Waals surface area contributed by atoms with Gasteiger partial charge in [-0.15, -0.1) is 23.2 Å². The number of hydrogen-bond donors (Lipinski definition) is 0. The zero-order valence-electron chi connectivity index (χ0n) is 7.15. The number of rotatable bonds is 6. The molecular weight excluding hydrogens is 183 g/mol. The van der Waals surface area contributed by atoms with E-state index in [2.05, 4.69) is 0 Å². The Morgan fingerprint density at radius 2 is 2.00 bits per heavy atom. The van der Waals surface area contributed by atoms with Crippen LogP contribution in [-0.2, 0) is 4.74 Å². The zero-order chi connectivity index (χ0) is 8.69. The van der Waals surface area contributed by atoms with E-state index in [1.165, 1.54) is 0 Å². The lowest BCUT2D eigenvalue weighted by atomic mass is 10.1. The van der Waals surface area contributed by atoms with Gasteiger partial charge in [-0.05, 0) is 26.2 Å². The van der Waals surface area contributed by atoms with Crippen LogP contribution in [0, 0.1) is 0 Å². The lowest BCUT2D eigenvalue weighted by molar-refractivity contribution is 0.192. The van der Waals surface area contributed by atoms with E-state index in [0.717, 1.165) is 25.9 Å². The van der Waals surface area contributed by atoms with Crippen molar-refractivity contribution in [1.82, 2.24) is 0 Å². The first-order valence-corrected chi connectivity index (χ1v) is 4.81. The van der Waals surface area contributed by atoms with Crippen LogP contribution in [0.25, 0.3) is 0 Å². The van der Waals surface area contributed by atoms with E-state index in [4.69, 9.17) is 27.9 Å². The van der Waals surface area contributed by atoms with E-state index in [9.17, 15) is 0 Å². The fraction of sp³-hybridized carbons (Fsp3) is 1.00. The highest BCUT2D eigenvalue weighted by Crippen LogP contribution is 2.15. The van der Waals surface area contributed by atoms with Crippen LogP contribution in [0.3, 0.4) is 0 Å². The Labute approximate surface area is 79.0 Å². The van der Waals surface area contributed by atoms with Gasteiger partial charge in [-0.3, -0.25) is 0 Å². The van der Waals surface area contributed by atoms with E-state index in [-0.39, 0.29) is 10.8 Å². The van der Waals surface area contributed by atoms with Gasteiger partial charge in [-0.1, -0.05) is 0 Å². The van der Waals surface area contributed by atoms with Gasteiger partial charge in [0.05, 0.1) is 0 Å². The van der Waals surface area contributed by atoms with Gasteiger partial charge in [0, 0.05) is 24.5 Å². The molecule has 1 nitrogen and oxygen atoms in total. The van der Waals surface area contributed by atoms with E-state index in [1.807, 2.05) is 6.92 Å². The van der Waals surface area contributed by atoms with Crippen molar-refractivity contribution in [2.75, 3.05) is 13.7 Å². The van der Waals surface area contributed by atoms with Crippen LogP contribution < -0.4 is 0 Å². The smallest absolute Gasteiger partial charge is 0.0462 e. The maximum atomic E-state index is 5.97. The van der Waals surface area contributed by atoms with E-state index in [1.54, 1.807) is 7.11 Å². The van der Waals surface area contributed by atoms with Crippen molar-refractivity contribution in [3.05, 3.63) is 0 Å². The van der Waals surface area contributed by atoms with Crippen molar-refractivity contribution in [3.63, 3.8) is 0 Å². The molecule has 0 aromatic heterocycles. The number of hydrogen-bond acceptors (Lipinski definition) is 1. The molecule has 2 unspecified atom stereocenters. The zero-order valence-corrected chi connectivity index (χ0v) is 8.66. The molecule has 0 bridgehead atoms. The average molecular weight is 199 g/mol. The van der Waals surface area contributed by atoms with Crippen molar-refractivity contribution in [2.45, 2.75) is 36.9 Å². The third-order valence-electron chi connectivity index (χ3n) is 1.45. The Kier molecular flexibility index (Phi) is 7.56. The van der Waals surface area contributed by atoms with Crippen LogP contribution in [0.2, 0.25) is 0 Å². The lowest BCUT2D eigenvalue weighted by Gasteiger charge is -2.09. The van der Waals surface area contributed by atoms with Crippen molar-refractivity contribution in [3.8, 4) is 0 Å². The number of halogens is 2. The third kappa shape index (κ3) is 8.45. The van der Waals surface area contributed by atoms with Gasteiger partial charge in [-0.2, -0.15) is 0 Å². The Morgan fingerprint density at radius 1 is 1.36 bits per heavy atom. The highest BCUT2D eigenvalue weighted by molar-refractivity contribution is 6.23. The van der Waals surface area contributed by atoms with Gasteiger partial charge in [-0.25, -0.2) is 0 Å². The number of ether oxygens (including phenoxy) is 1. The van der Waals surface area contributed by atoms with Crippen molar-refractivity contribution in [2.24, 2.45) is 0 Å². The summed E-state index contributed by atoms with van der Waals surface area (Å²) < 4.78 is 4.91. The standard InChI is InChI=1S/C8H16Cl2O/c1-7(9)6-8(10)4-3-5-11-2/h7-8H,3-6H2,1-2H3. The first-order chi connectivity index (χ1) is 5.16. The van der Waals surface area contributed by atoms with Crippen LogP contribution in [0.15, 0.2) is 0 Å². The topological polar surface area (TPSA) is 9.23 Å². The minimum absolute atomic E-state index is 0.181. The summed E-state index contributed by atoms with van der Waals surface area (Å²) in [6.07, 6.45) is 2.90. The molecule has 0 heterocycles. The van der Waals surface area contributed by atoms with E-state index in [0.29, 0.717) is 0 Å². The minimum Gasteiger partial charge on any atom is -0.385 e. The predicted molar refractivity (Wildman–Crippen MR) is 50.7 cm³/mol. The highest BCUT2D eigenvalue weighted by atomic mass is 35.5. The maximum absolute atomic E-state index is 5.97.